The average molecular weight is 419 g/mol. The maximum Gasteiger partial charge on any atom is 0.365 e. The smallest absolute Gasteiger partial charge is 0.312 e. The van der Waals surface area contributed by atoms with E-state index in [0.29, 0.717) is 45.4 Å². The molecule has 0 saturated heterocycles. The van der Waals surface area contributed by atoms with Crippen molar-refractivity contribution in [3.05, 3.63) is 69.7 Å². The molecule has 1 aliphatic carbocycles. The Kier molecular flexibility index (Phi) is 6.79. The molecule has 1 saturated carbocycles. The Morgan fingerprint density at radius 2 is 1.04 bits per heavy atom. The van der Waals surface area contributed by atoms with E-state index in [4.69, 9.17) is 32.9 Å². The van der Waals surface area contributed by atoms with Crippen molar-refractivity contribution in [2.24, 2.45) is 10.3 Å². The van der Waals surface area contributed by atoms with Gasteiger partial charge in [-0.05, 0) is 74.2 Å². The van der Waals surface area contributed by atoms with E-state index < -0.39 is 11.9 Å². The lowest BCUT2D eigenvalue weighted by Crippen LogP contribution is -2.21. The zero-order chi connectivity index (χ0) is 19.9. The molecule has 1 fully saturated rings. The summed E-state index contributed by atoms with van der Waals surface area (Å²) in [5, 5.41) is 8.88. The number of hydrogen-bond donors (Lipinski definition) is 0. The van der Waals surface area contributed by atoms with Gasteiger partial charge < -0.3 is 9.68 Å². The molecular formula is C20H16Cl2N2O4. The van der Waals surface area contributed by atoms with E-state index in [9.17, 15) is 9.59 Å². The van der Waals surface area contributed by atoms with Crippen LogP contribution >= 0.6 is 23.2 Å². The topological polar surface area (TPSA) is 77.3 Å². The molecule has 0 unspecified atom stereocenters. The molecule has 144 valence electrons. The first-order chi connectivity index (χ1) is 13.5. The molecule has 0 bridgehead atoms. The third-order valence-corrected chi connectivity index (χ3v) is 4.55. The van der Waals surface area contributed by atoms with Crippen LogP contribution < -0.4 is 0 Å². The fourth-order valence-corrected chi connectivity index (χ4v) is 2.79. The second kappa shape index (κ2) is 9.48. The number of rotatable bonds is 4. The number of oxime groups is 2. The summed E-state index contributed by atoms with van der Waals surface area (Å²) in [7, 11) is 0. The standard InChI is InChI=1S/C20H16Cl2N2O4/c21-15-9-5-13(6-10-15)19(25)27-23-17-3-1-2-4-18(17)24-28-20(26)14-7-11-16(22)12-8-14/h5-12H,1-4H2/b23-17-,24-18-. The molecule has 2 aromatic rings. The summed E-state index contributed by atoms with van der Waals surface area (Å²) in [6.45, 7) is 0. The molecular weight excluding hydrogens is 403 g/mol. The van der Waals surface area contributed by atoms with Gasteiger partial charge in [-0.2, -0.15) is 0 Å². The van der Waals surface area contributed by atoms with Gasteiger partial charge in [-0.3, -0.25) is 0 Å². The molecule has 8 heteroatoms. The average Bonchev–Trinajstić information content (AvgIpc) is 2.72. The normalized spacial score (nSPS) is 16.8. The molecule has 0 radical (unpaired) electrons. The molecule has 0 atom stereocenters. The highest BCUT2D eigenvalue weighted by molar-refractivity contribution is 6.42. The summed E-state index contributed by atoms with van der Waals surface area (Å²) in [5.41, 5.74) is 1.63. The van der Waals surface area contributed by atoms with Gasteiger partial charge in [0.05, 0.1) is 11.1 Å². The van der Waals surface area contributed by atoms with Crippen LogP contribution in [0.25, 0.3) is 0 Å². The van der Waals surface area contributed by atoms with E-state index in [2.05, 4.69) is 10.3 Å². The highest BCUT2D eigenvalue weighted by Crippen LogP contribution is 2.16. The molecule has 28 heavy (non-hydrogen) atoms. The minimum absolute atomic E-state index is 0.331. The van der Waals surface area contributed by atoms with Crippen LogP contribution in [0.4, 0.5) is 0 Å². The van der Waals surface area contributed by atoms with Gasteiger partial charge in [0.2, 0.25) is 0 Å². The van der Waals surface area contributed by atoms with Crippen LogP contribution in [0.3, 0.4) is 0 Å². The number of hydrogen-bond acceptors (Lipinski definition) is 6. The number of carbonyl (C=O) groups excluding carboxylic acids is 2. The lowest BCUT2D eigenvalue weighted by atomic mass is 9.97. The zero-order valence-corrected chi connectivity index (χ0v) is 16.2. The number of halogens is 2. The van der Waals surface area contributed by atoms with Crippen molar-refractivity contribution in [1.29, 1.82) is 0 Å². The van der Waals surface area contributed by atoms with Gasteiger partial charge in [0.1, 0.15) is 11.4 Å². The number of nitrogens with zero attached hydrogens (tertiary/aromatic N) is 2. The Labute approximate surface area is 171 Å². The van der Waals surface area contributed by atoms with E-state index in [0.717, 1.165) is 12.8 Å². The summed E-state index contributed by atoms with van der Waals surface area (Å²) in [4.78, 5) is 34.2. The van der Waals surface area contributed by atoms with Crippen molar-refractivity contribution in [3.8, 4) is 0 Å². The number of carbonyl (C=O) groups is 2. The summed E-state index contributed by atoms with van der Waals surface area (Å²) < 4.78 is 0. The van der Waals surface area contributed by atoms with Crippen molar-refractivity contribution in [3.63, 3.8) is 0 Å². The Bertz CT molecular complexity index is 845. The van der Waals surface area contributed by atoms with Crippen LogP contribution in [0.2, 0.25) is 10.0 Å². The van der Waals surface area contributed by atoms with Crippen molar-refractivity contribution in [2.75, 3.05) is 0 Å². The van der Waals surface area contributed by atoms with E-state index in [1.807, 2.05) is 0 Å². The third kappa shape index (κ3) is 5.41. The quantitative estimate of drug-likeness (QED) is 0.498. The molecule has 0 aromatic heterocycles. The van der Waals surface area contributed by atoms with Gasteiger partial charge in [0.15, 0.2) is 0 Å². The summed E-state index contributed by atoms with van der Waals surface area (Å²) in [6.07, 6.45) is 2.90. The van der Waals surface area contributed by atoms with Gasteiger partial charge in [0.25, 0.3) is 0 Å². The SMILES string of the molecule is O=C(O/N=C1/CCCC/C1=N/OC(=O)c1ccc(Cl)cc1)c1ccc(Cl)cc1. The van der Waals surface area contributed by atoms with E-state index in [1.54, 1.807) is 48.5 Å². The predicted molar refractivity (Wildman–Crippen MR) is 107 cm³/mol. The maximum atomic E-state index is 12.1. The second-order valence-electron chi connectivity index (χ2n) is 6.05. The molecule has 3 rings (SSSR count). The van der Waals surface area contributed by atoms with E-state index >= 15 is 0 Å². The summed E-state index contributed by atoms with van der Waals surface area (Å²) >= 11 is 11.6. The number of benzene rings is 2. The fraction of sp³-hybridized carbons (Fsp3) is 0.200. The first-order valence-electron chi connectivity index (χ1n) is 8.61. The minimum Gasteiger partial charge on any atom is -0.312 e. The maximum absolute atomic E-state index is 12.1. The lowest BCUT2D eigenvalue weighted by Gasteiger charge is -2.14. The van der Waals surface area contributed by atoms with Crippen LogP contribution in [-0.2, 0) is 9.68 Å². The highest BCUT2D eigenvalue weighted by Gasteiger charge is 2.19. The Morgan fingerprint density at radius 1 is 0.679 bits per heavy atom. The Morgan fingerprint density at radius 3 is 1.39 bits per heavy atom. The van der Waals surface area contributed by atoms with Crippen molar-refractivity contribution in [2.45, 2.75) is 25.7 Å². The summed E-state index contributed by atoms with van der Waals surface area (Å²) in [5.74, 6) is -1.21. The van der Waals surface area contributed by atoms with Crippen LogP contribution in [0.15, 0.2) is 58.8 Å². The third-order valence-electron chi connectivity index (χ3n) is 4.05. The van der Waals surface area contributed by atoms with Gasteiger partial charge in [0, 0.05) is 10.0 Å². The molecule has 0 aliphatic heterocycles. The molecule has 0 heterocycles. The van der Waals surface area contributed by atoms with E-state index in [1.165, 1.54) is 0 Å². The van der Waals surface area contributed by atoms with Gasteiger partial charge >= 0.3 is 11.9 Å². The Balaban J connectivity index is 1.67. The first-order valence-corrected chi connectivity index (χ1v) is 9.36. The lowest BCUT2D eigenvalue weighted by molar-refractivity contribution is 0.0500. The van der Waals surface area contributed by atoms with Crippen LogP contribution in [0.5, 0.6) is 0 Å². The highest BCUT2D eigenvalue weighted by atomic mass is 35.5. The zero-order valence-electron chi connectivity index (χ0n) is 14.7. The molecule has 2 aromatic carbocycles. The molecule has 0 spiro atoms. The second-order valence-corrected chi connectivity index (χ2v) is 6.93. The van der Waals surface area contributed by atoms with Crippen LogP contribution in [0, 0.1) is 0 Å². The van der Waals surface area contributed by atoms with Gasteiger partial charge in [-0.15, -0.1) is 0 Å². The Hall–Kier alpha value is -2.70. The molecule has 0 amide bonds. The summed E-state index contributed by atoms with van der Waals surface area (Å²) in [6, 6.07) is 12.6. The minimum atomic E-state index is -0.604. The van der Waals surface area contributed by atoms with E-state index in [-0.39, 0.29) is 0 Å². The van der Waals surface area contributed by atoms with Crippen LogP contribution in [0.1, 0.15) is 46.4 Å². The van der Waals surface area contributed by atoms with Crippen LogP contribution in [-0.4, -0.2) is 23.4 Å². The molecule has 6 nitrogen and oxygen atoms in total. The predicted octanol–water partition coefficient (Wildman–Crippen LogP) is 5.29. The van der Waals surface area contributed by atoms with Crippen molar-refractivity contribution >= 4 is 46.6 Å². The molecule has 0 N–H and O–H groups in total. The molecule has 1 aliphatic rings. The van der Waals surface area contributed by atoms with Crippen molar-refractivity contribution in [1.82, 2.24) is 0 Å². The monoisotopic (exact) mass is 418 g/mol. The van der Waals surface area contributed by atoms with Crippen molar-refractivity contribution < 1.29 is 19.3 Å². The van der Waals surface area contributed by atoms with Gasteiger partial charge in [-0.25, -0.2) is 9.59 Å². The largest absolute Gasteiger partial charge is 0.365 e. The van der Waals surface area contributed by atoms with Gasteiger partial charge in [-0.1, -0.05) is 33.5 Å². The fourth-order valence-electron chi connectivity index (χ4n) is 2.54. The first kappa shape index (κ1) is 20.0.